The average molecular weight is 599 g/mol. The monoisotopic (exact) mass is 598 g/mol. The molecule has 2 amide bonds. The van der Waals surface area contributed by atoms with Crippen molar-refractivity contribution in [1.29, 1.82) is 0 Å². The SMILES string of the molecule is O=C([O-])CC(Sc1nnn[nH]1)C1=C(C(=O)[O-])N2C(=O)C(NC(=O)C(O)c3ccccc3O)[C@@H]2SC1.[K+].[K+]. The van der Waals surface area contributed by atoms with Crippen LogP contribution in [-0.4, -0.2) is 81.9 Å². The van der Waals surface area contributed by atoms with Gasteiger partial charge in [0.1, 0.15) is 17.2 Å². The molecule has 1 saturated heterocycles. The van der Waals surface area contributed by atoms with Crippen LogP contribution in [0.1, 0.15) is 18.1 Å². The molecule has 2 aromatic rings. The van der Waals surface area contributed by atoms with Gasteiger partial charge in [0, 0.05) is 29.0 Å². The van der Waals surface area contributed by atoms with Gasteiger partial charge in [0.15, 0.2) is 6.10 Å². The summed E-state index contributed by atoms with van der Waals surface area (Å²) in [5.74, 6) is -5.20. The Morgan fingerprint density at radius 3 is 2.57 bits per heavy atom. The van der Waals surface area contributed by atoms with Crippen LogP contribution in [0.3, 0.4) is 0 Å². The fraction of sp³-hybridized carbons (Fsp3) is 0.316. The molecule has 0 bridgehead atoms. The smallest absolute Gasteiger partial charge is 0.550 e. The van der Waals surface area contributed by atoms with Crippen molar-refractivity contribution in [2.45, 2.75) is 34.3 Å². The number of phenolic OH excluding ortho intramolecular Hbond substituents is 1. The summed E-state index contributed by atoms with van der Waals surface area (Å²) in [5.41, 5.74) is -0.465. The van der Waals surface area contributed by atoms with Gasteiger partial charge in [-0.05, 0) is 22.1 Å². The Hall–Kier alpha value is -0.357. The quantitative estimate of drug-likeness (QED) is 0.120. The number of nitrogens with one attached hydrogen (secondary N) is 2. The molecular formula is C19H16K2N6O8S2. The van der Waals surface area contributed by atoms with E-state index in [4.69, 9.17) is 0 Å². The van der Waals surface area contributed by atoms with E-state index >= 15 is 0 Å². The normalized spacial score (nSPS) is 19.9. The molecule has 0 radical (unpaired) electrons. The van der Waals surface area contributed by atoms with Crippen molar-refractivity contribution in [2.75, 3.05) is 5.75 Å². The van der Waals surface area contributed by atoms with Crippen LogP contribution in [-0.2, 0) is 19.2 Å². The summed E-state index contributed by atoms with van der Waals surface area (Å²) in [7, 11) is 0. The Morgan fingerprint density at radius 1 is 1.27 bits per heavy atom. The molecule has 1 fully saturated rings. The van der Waals surface area contributed by atoms with Gasteiger partial charge in [-0.1, -0.05) is 30.0 Å². The molecular weight excluding hydrogens is 583 g/mol. The van der Waals surface area contributed by atoms with E-state index in [1.165, 1.54) is 24.3 Å². The summed E-state index contributed by atoms with van der Waals surface area (Å²) < 4.78 is 0. The van der Waals surface area contributed by atoms with Gasteiger partial charge in [-0.25, -0.2) is 5.10 Å². The number of aliphatic hydroxyl groups excluding tert-OH is 1. The maximum Gasteiger partial charge on any atom is 1.00 e. The predicted molar refractivity (Wildman–Crippen MR) is 114 cm³/mol. The van der Waals surface area contributed by atoms with Gasteiger partial charge in [-0.3, -0.25) is 14.5 Å². The van der Waals surface area contributed by atoms with E-state index in [9.17, 15) is 39.6 Å². The number of amides is 2. The van der Waals surface area contributed by atoms with Gasteiger partial charge >= 0.3 is 103 Å². The first-order valence-electron chi connectivity index (χ1n) is 9.94. The summed E-state index contributed by atoms with van der Waals surface area (Å²) in [5, 5.41) is 57.0. The molecule has 37 heavy (non-hydrogen) atoms. The number of thioether (sulfide) groups is 2. The fourth-order valence-corrected chi connectivity index (χ4v) is 6.23. The van der Waals surface area contributed by atoms with Crippen LogP contribution < -0.4 is 118 Å². The van der Waals surface area contributed by atoms with Crippen molar-refractivity contribution in [3.05, 3.63) is 41.1 Å². The number of carbonyl (C=O) groups excluding carboxylic acids is 4. The molecule has 184 valence electrons. The van der Waals surface area contributed by atoms with Gasteiger partial charge < -0.3 is 35.3 Å². The Morgan fingerprint density at radius 2 is 1.97 bits per heavy atom. The number of carboxylic acid groups (broad SMARTS) is 2. The van der Waals surface area contributed by atoms with Crippen molar-refractivity contribution in [3.63, 3.8) is 0 Å². The number of aliphatic hydroxyl groups is 1. The van der Waals surface area contributed by atoms with Crippen LogP contribution >= 0.6 is 23.5 Å². The van der Waals surface area contributed by atoms with E-state index in [2.05, 4.69) is 25.9 Å². The molecule has 0 aliphatic carbocycles. The molecule has 0 spiro atoms. The molecule has 4 atom stereocenters. The van der Waals surface area contributed by atoms with Gasteiger partial charge in [0.25, 0.3) is 11.8 Å². The number of aliphatic carboxylic acids is 2. The third-order valence-electron chi connectivity index (χ3n) is 5.29. The van der Waals surface area contributed by atoms with Crippen LogP contribution in [0, 0.1) is 0 Å². The van der Waals surface area contributed by atoms with E-state index in [1.807, 2.05) is 0 Å². The third-order valence-corrected chi connectivity index (χ3v) is 7.72. The second-order valence-electron chi connectivity index (χ2n) is 7.41. The first-order valence-corrected chi connectivity index (χ1v) is 11.9. The number of nitrogens with zero attached hydrogens (tertiary/aromatic N) is 4. The van der Waals surface area contributed by atoms with E-state index in [1.54, 1.807) is 0 Å². The minimum absolute atomic E-state index is 0. The minimum Gasteiger partial charge on any atom is -0.550 e. The first kappa shape index (κ1) is 32.9. The van der Waals surface area contributed by atoms with Crippen LogP contribution in [0.4, 0.5) is 0 Å². The number of para-hydroxylation sites is 1. The van der Waals surface area contributed by atoms with Crippen molar-refractivity contribution in [1.82, 2.24) is 30.8 Å². The molecule has 4 N–H and O–H groups in total. The number of carbonyl (C=O) groups is 4. The molecule has 1 aromatic carbocycles. The number of aromatic nitrogens is 4. The van der Waals surface area contributed by atoms with E-state index in [0.717, 1.165) is 28.4 Å². The maximum atomic E-state index is 12.8. The second kappa shape index (κ2) is 14.3. The Kier molecular flexibility index (Phi) is 12.7. The number of phenols is 1. The number of hydrogen-bond acceptors (Lipinski definition) is 13. The largest absolute Gasteiger partial charge is 1.00 e. The van der Waals surface area contributed by atoms with Crippen LogP contribution in [0.5, 0.6) is 5.75 Å². The Balaban J connectivity index is 0.00000241. The van der Waals surface area contributed by atoms with Crippen molar-refractivity contribution >= 4 is 47.3 Å². The molecule has 2 aliphatic rings. The van der Waals surface area contributed by atoms with Crippen LogP contribution in [0.2, 0.25) is 0 Å². The number of tetrazole rings is 1. The van der Waals surface area contributed by atoms with Crippen LogP contribution in [0.15, 0.2) is 40.7 Å². The van der Waals surface area contributed by atoms with Crippen molar-refractivity contribution in [2.24, 2.45) is 0 Å². The van der Waals surface area contributed by atoms with E-state index in [0.29, 0.717) is 0 Å². The standard InChI is InChI=1S/C19H18N6O8S2.2K/c26-9-4-2-1-3-7(9)14(29)15(30)20-12-16(31)25-13(18(32)33)8(6-34-17(12)25)10(5-11(27)28)35-19-21-23-24-22-19;;/h1-4,10,12,14,17,26,29H,5-6H2,(H,20,30)(H,27,28)(H,32,33)(H,21,22,23,24);;/q;2*+1/p-2/t10?,12?,14?,17-;;/m0../s1. The van der Waals surface area contributed by atoms with E-state index < -0.39 is 58.6 Å². The minimum atomic E-state index is -1.77. The fourth-order valence-electron chi connectivity index (χ4n) is 3.69. The van der Waals surface area contributed by atoms with Crippen molar-refractivity contribution < 1.29 is 142 Å². The molecule has 4 rings (SSSR count). The Labute approximate surface area is 302 Å². The number of aromatic hydroxyl groups is 1. The number of aromatic amines is 1. The molecule has 3 heterocycles. The molecule has 14 nitrogen and oxygen atoms in total. The molecule has 18 heteroatoms. The summed E-state index contributed by atoms with van der Waals surface area (Å²) in [6.07, 6.45) is -2.35. The number of rotatable bonds is 9. The number of β-lactam (4-membered cyclic amide) rings is 1. The molecule has 0 saturated carbocycles. The van der Waals surface area contributed by atoms with Gasteiger partial charge in [0.2, 0.25) is 5.16 Å². The predicted octanol–water partition coefficient (Wildman–Crippen LogP) is -9.35. The number of fused-ring (bicyclic) bond motifs is 1. The zero-order valence-electron chi connectivity index (χ0n) is 19.5. The van der Waals surface area contributed by atoms with Crippen molar-refractivity contribution in [3.8, 4) is 5.75 Å². The molecule has 3 unspecified atom stereocenters. The summed E-state index contributed by atoms with van der Waals surface area (Å²) in [6, 6.07) is 4.48. The summed E-state index contributed by atoms with van der Waals surface area (Å²) in [4.78, 5) is 49.6. The zero-order chi connectivity index (χ0) is 25.3. The van der Waals surface area contributed by atoms with Crippen LogP contribution in [0.25, 0.3) is 0 Å². The Bertz CT molecular complexity index is 1220. The average Bonchev–Trinajstić information content (AvgIpc) is 3.33. The number of benzene rings is 1. The second-order valence-corrected chi connectivity index (χ2v) is 9.70. The molecule has 1 aromatic heterocycles. The summed E-state index contributed by atoms with van der Waals surface area (Å²) in [6.45, 7) is 0. The summed E-state index contributed by atoms with van der Waals surface area (Å²) >= 11 is 1.95. The molecule has 2 aliphatic heterocycles. The number of carboxylic acids is 2. The zero-order valence-corrected chi connectivity index (χ0v) is 27.4. The van der Waals surface area contributed by atoms with Gasteiger partial charge in [-0.15, -0.1) is 16.9 Å². The first-order chi connectivity index (χ1) is 16.7. The van der Waals surface area contributed by atoms with Gasteiger partial charge in [-0.2, -0.15) is 0 Å². The third kappa shape index (κ3) is 7.24. The maximum absolute atomic E-state index is 12.8. The van der Waals surface area contributed by atoms with E-state index in [-0.39, 0.29) is 131 Å². The topological polar surface area (TPSA) is 225 Å². The van der Waals surface area contributed by atoms with Gasteiger partial charge in [0.05, 0.1) is 11.7 Å². The number of hydrogen-bond donors (Lipinski definition) is 4. The number of H-pyrrole nitrogens is 1.